The summed E-state index contributed by atoms with van der Waals surface area (Å²) in [5.74, 6) is 0.505. The highest BCUT2D eigenvalue weighted by Crippen LogP contribution is 2.15. The van der Waals surface area contributed by atoms with Crippen LogP contribution >= 0.6 is 0 Å². The van der Waals surface area contributed by atoms with Crippen molar-refractivity contribution in [2.75, 3.05) is 0 Å². The standard InChI is InChI=1S/C14H11N3O/c15-14-16-11-6-3-5-10(13(11)17-14)8-9-4-1-2-7-12(9)18/h1-8,18H,(H2,15,16). The minimum absolute atomic E-state index is 0.238. The van der Waals surface area contributed by atoms with E-state index in [4.69, 9.17) is 5.73 Å². The van der Waals surface area contributed by atoms with Gasteiger partial charge in [0, 0.05) is 10.8 Å². The van der Waals surface area contributed by atoms with E-state index in [1.807, 2.05) is 36.4 Å². The summed E-state index contributed by atoms with van der Waals surface area (Å²) in [5.41, 5.74) is 7.10. The molecule has 0 aromatic heterocycles. The van der Waals surface area contributed by atoms with E-state index in [0.29, 0.717) is 0 Å². The second kappa shape index (κ2) is 4.00. The van der Waals surface area contributed by atoms with Gasteiger partial charge in [0.15, 0.2) is 0 Å². The lowest BCUT2D eigenvalue weighted by Gasteiger charge is -1.97. The zero-order chi connectivity index (χ0) is 12.5. The second-order valence-corrected chi connectivity index (χ2v) is 4.00. The zero-order valence-electron chi connectivity index (χ0n) is 9.54. The van der Waals surface area contributed by atoms with Crippen LogP contribution in [0.15, 0.2) is 52.4 Å². The van der Waals surface area contributed by atoms with Crippen LogP contribution in [0, 0.1) is 0 Å². The van der Waals surface area contributed by atoms with Crippen LogP contribution in [0.25, 0.3) is 6.08 Å². The first-order valence-corrected chi connectivity index (χ1v) is 5.56. The Kier molecular flexibility index (Phi) is 2.34. The average molecular weight is 237 g/mol. The summed E-state index contributed by atoms with van der Waals surface area (Å²) in [6, 6.07) is 12.8. The molecule has 88 valence electrons. The molecule has 0 saturated carbocycles. The Morgan fingerprint density at radius 1 is 1.00 bits per heavy atom. The van der Waals surface area contributed by atoms with Crippen LogP contribution < -0.4 is 16.3 Å². The van der Waals surface area contributed by atoms with E-state index in [-0.39, 0.29) is 11.7 Å². The molecule has 0 bridgehead atoms. The summed E-state index contributed by atoms with van der Waals surface area (Å²) in [6.45, 7) is 0. The maximum atomic E-state index is 9.76. The van der Waals surface area contributed by atoms with Crippen LogP contribution in [0.4, 0.5) is 5.69 Å². The van der Waals surface area contributed by atoms with Gasteiger partial charge in [-0.25, -0.2) is 9.98 Å². The second-order valence-electron chi connectivity index (χ2n) is 4.00. The maximum Gasteiger partial charge on any atom is 0.221 e. The van der Waals surface area contributed by atoms with Crippen LogP contribution in [0.1, 0.15) is 5.56 Å². The van der Waals surface area contributed by atoms with Gasteiger partial charge in [0.05, 0.1) is 5.69 Å². The smallest absolute Gasteiger partial charge is 0.221 e. The Morgan fingerprint density at radius 2 is 1.83 bits per heavy atom. The van der Waals surface area contributed by atoms with E-state index in [0.717, 1.165) is 21.8 Å². The Morgan fingerprint density at radius 3 is 2.67 bits per heavy atom. The first kappa shape index (κ1) is 10.5. The molecule has 0 radical (unpaired) electrons. The Balaban J connectivity index is 2.25. The minimum Gasteiger partial charge on any atom is -0.507 e. The van der Waals surface area contributed by atoms with Gasteiger partial charge in [-0.2, -0.15) is 0 Å². The molecule has 0 aliphatic carbocycles. The van der Waals surface area contributed by atoms with E-state index < -0.39 is 0 Å². The monoisotopic (exact) mass is 237 g/mol. The quantitative estimate of drug-likeness (QED) is 0.770. The SMILES string of the molecule is NC1=Nc2cccc(=Cc3ccccc3O)c2=N1. The first-order chi connectivity index (χ1) is 8.74. The van der Waals surface area contributed by atoms with Gasteiger partial charge in [-0.1, -0.05) is 30.3 Å². The molecule has 2 aromatic carbocycles. The third kappa shape index (κ3) is 1.73. The molecule has 0 spiro atoms. The number of hydrogen-bond acceptors (Lipinski definition) is 4. The van der Waals surface area contributed by atoms with Crippen molar-refractivity contribution in [3.8, 4) is 5.75 Å². The molecular weight excluding hydrogens is 226 g/mol. The van der Waals surface area contributed by atoms with Gasteiger partial charge < -0.3 is 10.8 Å². The molecule has 2 aromatic rings. The molecule has 1 aliphatic rings. The zero-order valence-corrected chi connectivity index (χ0v) is 9.54. The van der Waals surface area contributed by atoms with E-state index in [2.05, 4.69) is 9.98 Å². The van der Waals surface area contributed by atoms with Gasteiger partial charge in [0.2, 0.25) is 5.96 Å². The number of aliphatic imine (C=N–C) groups is 1. The summed E-state index contributed by atoms with van der Waals surface area (Å²) in [5, 5.41) is 11.4. The fourth-order valence-electron chi connectivity index (χ4n) is 1.92. The van der Waals surface area contributed by atoms with Crippen molar-refractivity contribution in [2.45, 2.75) is 0 Å². The molecule has 1 heterocycles. The predicted octanol–water partition coefficient (Wildman–Crippen LogP) is 0.800. The lowest BCUT2D eigenvalue weighted by molar-refractivity contribution is 0.474. The highest BCUT2D eigenvalue weighted by Gasteiger charge is 2.05. The van der Waals surface area contributed by atoms with Crippen molar-refractivity contribution in [2.24, 2.45) is 15.7 Å². The molecule has 18 heavy (non-hydrogen) atoms. The lowest BCUT2D eigenvalue weighted by atomic mass is 10.1. The fraction of sp³-hybridized carbons (Fsp3) is 0. The Hall–Kier alpha value is -2.62. The highest BCUT2D eigenvalue weighted by atomic mass is 16.3. The third-order valence-corrected chi connectivity index (χ3v) is 2.76. The highest BCUT2D eigenvalue weighted by molar-refractivity contribution is 5.84. The minimum atomic E-state index is 0.238. The number of phenolic OH excluding ortho intramolecular Hbond substituents is 1. The maximum absolute atomic E-state index is 9.76. The number of nitrogens with two attached hydrogens (primary N) is 1. The van der Waals surface area contributed by atoms with Gasteiger partial charge in [0.25, 0.3) is 0 Å². The number of rotatable bonds is 1. The summed E-state index contributed by atoms with van der Waals surface area (Å²) >= 11 is 0. The number of nitrogens with zero attached hydrogens (tertiary/aromatic N) is 2. The lowest BCUT2D eigenvalue weighted by Crippen LogP contribution is -2.24. The average Bonchev–Trinajstić information content (AvgIpc) is 2.73. The number of benzene rings is 2. The molecule has 1 aliphatic heterocycles. The van der Waals surface area contributed by atoms with Gasteiger partial charge >= 0.3 is 0 Å². The number of para-hydroxylation sites is 2. The first-order valence-electron chi connectivity index (χ1n) is 5.56. The molecule has 0 unspecified atom stereocenters. The van der Waals surface area contributed by atoms with E-state index in [9.17, 15) is 5.11 Å². The Labute approximate surface area is 103 Å². The van der Waals surface area contributed by atoms with Crippen molar-refractivity contribution in [1.82, 2.24) is 0 Å². The normalized spacial score (nSPS) is 14.0. The topological polar surface area (TPSA) is 71.0 Å². The molecule has 3 N–H and O–H groups in total. The van der Waals surface area contributed by atoms with Crippen molar-refractivity contribution in [1.29, 1.82) is 0 Å². The molecule has 4 heteroatoms. The van der Waals surface area contributed by atoms with Crippen LogP contribution in [-0.2, 0) is 0 Å². The summed E-state index contributed by atoms with van der Waals surface area (Å²) in [7, 11) is 0. The summed E-state index contributed by atoms with van der Waals surface area (Å²) < 4.78 is 0. The largest absolute Gasteiger partial charge is 0.507 e. The van der Waals surface area contributed by atoms with Crippen molar-refractivity contribution < 1.29 is 5.11 Å². The van der Waals surface area contributed by atoms with Gasteiger partial charge in [-0.3, -0.25) is 0 Å². The van der Waals surface area contributed by atoms with Crippen LogP contribution in [-0.4, -0.2) is 11.1 Å². The molecule has 0 atom stereocenters. The number of hydrogen-bond donors (Lipinski definition) is 2. The predicted molar refractivity (Wildman–Crippen MR) is 70.2 cm³/mol. The summed E-state index contributed by atoms with van der Waals surface area (Å²) in [4.78, 5) is 8.31. The number of aromatic hydroxyl groups is 1. The van der Waals surface area contributed by atoms with Gasteiger partial charge in [0.1, 0.15) is 11.1 Å². The Bertz CT molecular complexity index is 763. The molecule has 4 nitrogen and oxygen atoms in total. The van der Waals surface area contributed by atoms with Crippen LogP contribution in [0.5, 0.6) is 5.75 Å². The number of guanidine groups is 1. The third-order valence-electron chi connectivity index (χ3n) is 2.76. The molecular formula is C14H11N3O. The van der Waals surface area contributed by atoms with Gasteiger partial charge in [-0.05, 0) is 18.2 Å². The van der Waals surface area contributed by atoms with Crippen LogP contribution in [0.2, 0.25) is 0 Å². The van der Waals surface area contributed by atoms with Crippen molar-refractivity contribution in [3.63, 3.8) is 0 Å². The van der Waals surface area contributed by atoms with Crippen molar-refractivity contribution >= 4 is 17.7 Å². The molecule has 0 fully saturated rings. The number of phenols is 1. The van der Waals surface area contributed by atoms with Crippen LogP contribution in [0.3, 0.4) is 0 Å². The van der Waals surface area contributed by atoms with E-state index >= 15 is 0 Å². The fourth-order valence-corrected chi connectivity index (χ4v) is 1.92. The molecule has 0 saturated heterocycles. The van der Waals surface area contributed by atoms with E-state index in [1.165, 1.54) is 0 Å². The van der Waals surface area contributed by atoms with Crippen molar-refractivity contribution in [3.05, 3.63) is 58.6 Å². The molecule has 3 rings (SSSR count). The molecule has 0 amide bonds. The van der Waals surface area contributed by atoms with Gasteiger partial charge in [-0.15, -0.1) is 0 Å². The van der Waals surface area contributed by atoms with E-state index in [1.54, 1.807) is 12.1 Å². The number of fused-ring (bicyclic) bond motifs is 1. The summed E-state index contributed by atoms with van der Waals surface area (Å²) in [6.07, 6.45) is 1.87.